The maximum absolute atomic E-state index is 13.5. The zero-order chi connectivity index (χ0) is 27.4. The molecule has 0 aromatic rings. The van der Waals surface area contributed by atoms with Gasteiger partial charge in [-0.2, -0.15) is 35.1 Å². The van der Waals surface area contributed by atoms with Crippen molar-refractivity contribution in [1.82, 2.24) is 0 Å². The molecule has 1 atom stereocenters. The fourth-order valence-corrected chi connectivity index (χ4v) is 15.4. The number of hydrogen-bond acceptors (Lipinski definition) is 5. The van der Waals surface area contributed by atoms with Crippen molar-refractivity contribution in [3.8, 4) is 0 Å². The van der Waals surface area contributed by atoms with Crippen molar-refractivity contribution in [2.24, 2.45) is 0 Å². The highest BCUT2D eigenvalue weighted by atomic mass is 28.5. The Hall–Kier alpha value is -0.109. The smallest absolute Gasteiger partial charge is 0.426 e. The number of rotatable bonds is 16. The molecule has 0 aliphatic carbocycles. The average Bonchev–Trinajstić information content (AvgIpc) is 2.54. The molecule has 0 saturated heterocycles. The lowest BCUT2D eigenvalue weighted by molar-refractivity contribution is -0.427. The minimum atomic E-state index is -6.53. The first kappa shape index (κ1) is 33.9. The fraction of sp³-hybridized carbons (Fsp3) is 1.00. The third-order valence-electron chi connectivity index (χ3n) is 4.04. The number of alkyl halides is 8. The largest absolute Gasteiger partial charge is 0.437 e. The van der Waals surface area contributed by atoms with Crippen molar-refractivity contribution in [1.29, 1.82) is 0 Å². The van der Waals surface area contributed by atoms with E-state index >= 15 is 0 Å². The molecule has 1 N–H and O–H groups in total. The molecule has 16 heteroatoms. The molecule has 0 saturated carbocycles. The first-order valence-corrected chi connectivity index (χ1v) is 19.9. The van der Waals surface area contributed by atoms with E-state index in [0.29, 0.717) is 12.5 Å². The number of hydrogen-bond donors (Lipinski definition) is 1. The Kier molecular flexibility index (Phi) is 11.5. The Labute approximate surface area is 198 Å². The summed E-state index contributed by atoms with van der Waals surface area (Å²) in [4.78, 5) is 0. The summed E-state index contributed by atoms with van der Waals surface area (Å²) in [5, 5.41) is 9.61. The monoisotopic (exact) mass is 568 g/mol. The molecule has 0 heterocycles. The van der Waals surface area contributed by atoms with E-state index in [0.717, 1.165) is 0 Å². The zero-order valence-corrected chi connectivity index (χ0v) is 23.7. The third kappa shape index (κ3) is 10.5. The minimum absolute atomic E-state index is 0.0381. The molecular weight excluding hydrogens is 532 g/mol. The van der Waals surface area contributed by atoms with Gasteiger partial charge in [-0.3, -0.25) is 0 Å². The van der Waals surface area contributed by atoms with E-state index < -0.39 is 75.3 Å². The van der Waals surface area contributed by atoms with Crippen LogP contribution < -0.4 is 0 Å². The first-order chi connectivity index (χ1) is 14.8. The lowest BCUT2D eigenvalue weighted by Gasteiger charge is -2.38. The van der Waals surface area contributed by atoms with Crippen LogP contribution in [-0.4, -0.2) is 80.1 Å². The second-order valence-corrected chi connectivity index (χ2v) is 23.1. The summed E-state index contributed by atoms with van der Waals surface area (Å²) in [6, 6.07) is 0.540. The van der Waals surface area contributed by atoms with Gasteiger partial charge in [-0.1, -0.05) is 0 Å². The maximum Gasteiger partial charge on any atom is 0.426 e. The number of aliphatic hydroxyl groups excluding tert-OH is 1. The third-order valence-corrected chi connectivity index (χ3v) is 13.7. The van der Waals surface area contributed by atoms with E-state index in [1.54, 1.807) is 0 Å². The van der Waals surface area contributed by atoms with Crippen molar-refractivity contribution in [2.75, 3.05) is 19.8 Å². The maximum atomic E-state index is 13.5. The highest BCUT2D eigenvalue weighted by Crippen LogP contribution is 2.52. The van der Waals surface area contributed by atoms with Gasteiger partial charge in [0.1, 0.15) is 6.10 Å². The van der Waals surface area contributed by atoms with Crippen LogP contribution >= 0.6 is 0 Å². The molecule has 206 valence electrons. The Balaban J connectivity index is 4.74. The number of aliphatic hydroxyl groups is 1. The molecule has 0 spiro atoms. The first-order valence-electron chi connectivity index (χ1n) is 10.6. The lowest BCUT2D eigenvalue weighted by Crippen LogP contribution is -2.62. The van der Waals surface area contributed by atoms with Crippen LogP contribution in [0.3, 0.4) is 0 Å². The van der Waals surface area contributed by atoms with Crippen LogP contribution in [0.5, 0.6) is 0 Å². The van der Waals surface area contributed by atoms with Gasteiger partial charge in [0.05, 0.1) is 13.2 Å². The van der Waals surface area contributed by atoms with Gasteiger partial charge in [0.15, 0.2) is 16.6 Å². The summed E-state index contributed by atoms with van der Waals surface area (Å²) in [7, 11) is -6.39. The molecule has 0 amide bonds. The normalized spacial score (nSPS) is 16.1. The Bertz CT molecular complexity index is 621. The predicted molar refractivity (Wildman–Crippen MR) is 118 cm³/mol. The van der Waals surface area contributed by atoms with Gasteiger partial charge in [-0.15, -0.1) is 0 Å². The molecule has 34 heavy (non-hydrogen) atoms. The molecule has 0 aromatic heterocycles. The van der Waals surface area contributed by atoms with Crippen LogP contribution in [0, 0.1) is 0 Å². The second kappa shape index (κ2) is 11.5. The van der Waals surface area contributed by atoms with Gasteiger partial charge in [-0.25, -0.2) is 0 Å². The summed E-state index contributed by atoms with van der Waals surface area (Å²) in [5.41, 5.74) is 0. The van der Waals surface area contributed by atoms with Crippen molar-refractivity contribution in [3.05, 3.63) is 0 Å². The molecule has 1 unspecified atom stereocenters. The summed E-state index contributed by atoms with van der Waals surface area (Å²) in [6.07, 6.45) is -7.43. The fourth-order valence-electron chi connectivity index (χ4n) is 2.93. The number of halogens is 8. The summed E-state index contributed by atoms with van der Waals surface area (Å²) in [6.45, 7) is 11.3. The molecule has 0 radical (unpaired) electrons. The Morgan fingerprint density at radius 2 is 1.18 bits per heavy atom. The highest BCUT2D eigenvalue weighted by molar-refractivity contribution is 6.87. The molecular formula is C18H36F8O5Si3. The molecule has 0 aliphatic heterocycles. The van der Waals surface area contributed by atoms with Gasteiger partial charge in [-0.05, 0) is 58.3 Å². The van der Waals surface area contributed by atoms with E-state index in [2.05, 4.69) is 4.74 Å². The van der Waals surface area contributed by atoms with E-state index in [1.165, 1.54) is 0 Å². The van der Waals surface area contributed by atoms with Crippen molar-refractivity contribution in [3.63, 3.8) is 0 Å². The van der Waals surface area contributed by atoms with Crippen LogP contribution in [0.15, 0.2) is 0 Å². The van der Waals surface area contributed by atoms with E-state index in [9.17, 15) is 40.2 Å². The lowest BCUT2D eigenvalue weighted by atomic mass is 10.1. The van der Waals surface area contributed by atoms with Crippen molar-refractivity contribution < 1.29 is 57.9 Å². The van der Waals surface area contributed by atoms with Crippen LogP contribution in [0.1, 0.15) is 13.3 Å². The van der Waals surface area contributed by atoms with Gasteiger partial charge in [0.25, 0.3) is 0 Å². The predicted octanol–water partition coefficient (Wildman–Crippen LogP) is 6.06. The van der Waals surface area contributed by atoms with Gasteiger partial charge in [0, 0.05) is 13.5 Å². The average molecular weight is 569 g/mol. The van der Waals surface area contributed by atoms with Gasteiger partial charge >= 0.3 is 32.4 Å². The zero-order valence-electron chi connectivity index (χ0n) is 20.7. The standard InChI is InChI=1S/C18H36F8O5Si3/c1-15(19,20)16(21,22)17(23,24)18(25,26)29-13-14(27)12-28-10-9-11-34(8,30-32(2,3)4)31-33(5,6)7/h14,27H,9-13H2,1-8H3. The number of ether oxygens (including phenoxy) is 2. The Morgan fingerprint density at radius 3 is 1.56 bits per heavy atom. The van der Waals surface area contributed by atoms with Crippen molar-refractivity contribution in [2.45, 2.75) is 95.2 Å². The van der Waals surface area contributed by atoms with E-state index in [-0.39, 0.29) is 6.61 Å². The van der Waals surface area contributed by atoms with Crippen molar-refractivity contribution >= 4 is 25.2 Å². The summed E-state index contributed by atoms with van der Waals surface area (Å²) < 4.78 is 127. The van der Waals surface area contributed by atoms with Gasteiger partial charge in [0.2, 0.25) is 0 Å². The summed E-state index contributed by atoms with van der Waals surface area (Å²) >= 11 is 0. The topological polar surface area (TPSA) is 57.2 Å². The molecule has 0 rings (SSSR count). The minimum Gasteiger partial charge on any atom is -0.437 e. The van der Waals surface area contributed by atoms with Crippen LogP contribution in [0.2, 0.25) is 51.9 Å². The van der Waals surface area contributed by atoms with Crippen LogP contribution in [0.4, 0.5) is 35.1 Å². The van der Waals surface area contributed by atoms with Crippen LogP contribution in [-0.2, 0) is 17.7 Å². The molecule has 0 aliphatic rings. The Morgan fingerprint density at radius 1 is 0.735 bits per heavy atom. The quantitative estimate of drug-likeness (QED) is 0.139. The highest BCUT2D eigenvalue weighted by Gasteiger charge is 2.80. The SMILES string of the molecule is CC(F)(F)C(F)(F)C(F)(F)C(F)(F)OCC(O)COCCC[Si](C)(O[Si](C)(C)C)O[Si](C)(C)C. The molecule has 5 nitrogen and oxygen atoms in total. The summed E-state index contributed by atoms with van der Waals surface area (Å²) in [5.74, 6) is -18.4. The van der Waals surface area contributed by atoms with E-state index in [4.69, 9.17) is 13.0 Å². The molecule has 0 bridgehead atoms. The van der Waals surface area contributed by atoms with E-state index in [1.807, 2.05) is 45.8 Å². The molecule has 0 aromatic carbocycles. The van der Waals surface area contributed by atoms with Crippen LogP contribution in [0.25, 0.3) is 0 Å². The molecule has 0 fully saturated rings. The van der Waals surface area contributed by atoms with Gasteiger partial charge < -0.3 is 22.8 Å². The second-order valence-electron chi connectivity index (χ2n) is 10.3.